The van der Waals surface area contributed by atoms with Gasteiger partial charge in [0.2, 0.25) is 0 Å². The molecule has 0 heteroatoms. The monoisotopic (exact) mass is 111 g/mol. The molecule has 0 saturated heterocycles. The molecule has 1 aliphatic rings. The maximum Gasteiger partial charge on any atom is -0.0320 e. The average Bonchev–Trinajstić information content (AvgIpc) is 1.64. The second-order valence-corrected chi connectivity index (χ2v) is 3.26. The molecule has 0 spiro atoms. The molecule has 1 saturated carbocycles. The van der Waals surface area contributed by atoms with Gasteiger partial charge in [0.15, 0.2) is 0 Å². The van der Waals surface area contributed by atoms with Crippen LogP contribution in [0, 0.1) is 11.8 Å². The summed E-state index contributed by atoms with van der Waals surface area (Å²) in [5, 5.41) is 0. The summed E-state index contributed by atoms with van der Waals surface area (Å²) in [7, 11) is 0. The molecule has 1 aliphatic carbocycles. The summed E-state index contributed by atoms with van der Waals surface area (Å²) in [6.45, 7) is 4.65. The molecule has 0 aromatic heterocycles. The van der Waals surface area contributed by atoms with Gasteiger partial charge in [0.25, 0.3) is 0 Å². The molecule has 0 atom stereocenters. The summed E-state index contributed by atoms with van der Waals surface area (Å²) in [4.78, 5) is 0. The fourth-order valence-electron chi connectivity index (χ4n) is 1.44. The fraction of sp³-hybridized carbons (Fsp3) is 0.875. The van der Waals surface area contributed by atoms with Crippen molar-refractivity contribution >= 4 is 0 Å². The van der Waals surface area contributed by atoms with E-state index in [0.717, 1.165) is 5.41 Å². The van der Waals surface area contributed by atoms with Crippen molar-refractivity contribution < 1.29 is 0 Å². The maximum absolute atomic E-state index is 2.39. The van der Waals surface area contributed by atoms with Crippen LogP contribution in [0.3, 0.4) is 0 Å². The normalized spacial score (nSPS) is 24.8. The van der Waals surface area contributed by atoms with Gasteiger partial charge in [-0.15, -0.1) is 0 Å². The zero-order valence-corrected chi connectivity index (χ0v) is 5.91. The van der Waals surface area contributed by atoms with Crippen molar-refractivity contribution in [3.8, 4) is 0 Å². The lowest BCUT2D eigenvalue weighted by molar-refractivity contribution is 0.209. The van der Waals surface area contributed by atoms with Crippen molar-refractivity contribution in [1.82, 2.24) is 0 Å². The third-order valence-corrected chi connectivity index (χ3v) is 2.13. The summed E-state index contributed by atoms with van der Waals surface area (Å²) < 4.78 is 0. The highest BCUT2D eigenvalue weighted by atomic mass is 14.3. The first-order valence-corrected chi connectivity index (χ1v) is 3.58. The van der Waals surface area contributed by atoms with Gasteiger partial charge in [-0.3, -0.25) is 0 Å². The van der Waals surface area contributed by atoms with E-state index < -0.39 is 0 Å². The van der Waals surface area contributed by atoms with Crippen molar-refractivity contribution in [3.63, 3.8) is 0 Å². The summed E-state index contributed by atoms with van der Waals surface area (Å²) in [6, 6.07) is 0. The van der Waals surface area contributed by atoms with Crippen molar-refractivity contribution in [1.29, 1.82) is 0 Å². The highest BCUT2D eigenvalue weighted by molar-refractivity contribution is 4.95. The van der Waals surface area contributed by atoms with E-state index in [1.165, 1.54) is 25.7 Å². The van der Waals surface area contributed by atoms with Gasteiger partial charge in [0, 0.05) is 0 Å². The number of hydrogen-bond acceptors (Lipinski definition) is 0. The average molecular weight is 111 g/mol. The molecule has 0 nitrogen and oxygen atoms in total. The minimum absolute atomic E-state index is 0.717. The first-order chi connectivity index (χ1) is 3.77. The predicted molar refractivity (Wildman–Crippen MR) is 36.5 cm³/mol. The van der Waals surface area contributed by atoms with Crippen molar-refractivity contribution in [2.75, 3.05) is 0 Å². The van der Waals surface area contributed by atoms with Gasteiger partial charge in [-0.1, -0.05) is 20.3 Å². The molecule has 0 N–H and O–H groups in total. The Morgan fingerprint density at radius 1 is 1.50 bits per heavy atom. The van der Waals surface area contributed by atoms with Crippen LogP contribution in [0.5, 0.6) is 0 Å². The third kappa shape index (κ3) is 1.04. The van der Waals surface area contributed by atoms with Crippen LogP contribution in [0.15, 0.2) is 0 Å². The zero-order chi connectivity index (χ0) is 6.04. The molecule has 0 unspecified atom stereocenters. The molecule has 0 bridgehead atoms. The number of hydrogen-bond donors (Lipinski definition) is 0. The Morgan fingerprint density at radius 3 is 2.25 bits per heavy atom. The van der Waals surface area contributed by atoms with Crippen LogP contribution in [0.1, 0.15) is 39.5 Å². The van der Waals surface area contributed by atoms with E-state index in [2.05, 4.69) is 20.3 Å². The summed E-state index contributed by atoms with van der Waals surface area (Å²) in [5.74, 6) is 0. The SMILES string of the molecule is CCCC1(C)C[CH]C1. The molecule has 0 aromatic carbocycles. The van der Waals surface area contributed by atoms with E-state index in [0.29, 0.717) is 0 Å². The van der Waals surface area contributed by atoms with Crippen LogP contribution in [-0.2, 0) is 0 Å². The van der Waals surface area contributed by atoms with Crippen LogP contribution in [0.25, 0.3) is 0 Å². The van der Waals surface area contributed by atoms with E-state index in [4.69, 9.17) is 0 Å². The molecule has 0 amide bonds. The van der Waals surface area contributed by atoms with Gasteiger partial charge in [-0.2, -0.15) is 0 Å². The third-order valence-electron chi connectivity index (χ3n) is 2.13. The van der Waals surface area contributed by atoms with Crippen LogP contribution in [0.4, 0.5) is 0 Å². The van der Waals surface area contributed by atoms with Crippen LogP contribution in [-0.4, -0.2) is 0 Å². The Bertz CT molecular complexity index is 70.1. The van der Waals surface area contributed by atoms with Crippen molar-refractivity contribution in [2.45, 2.75) is 39.5 Å². The molecule has 1 rings (SSSR count). The second-order valence-electron chi connectivity index (χ2n) is 3.26. The maximum atomic E-state index is 2.39. The Balaban J connectivity index is 2.20. The van der Waals surface area contributed by atoms with E-state index in [-0.39, 0.29) is 0 Å². The Hall–Kier alpha value is 0. The Morgan fingerprint density at radius 2 is 2.12 bits per heavy atom. The highest BCUT2D eigenvalue weighted by Gasteiger charge is 2.30. The van der Waals surface area contributed by atoms with Crippen LogP contribution < -0.4 is 0 Å². The largest absolute Gasteiger partial charge is 0.0654 e. The summed E-state index contributed by atoms with van der Waals surface area (Å²) in [6.07, 6.45) is 7.88. The van der Waals surface area contributed by atoms with Crippen molar-refractivity contribution in [2.24, 2.45) is 5.41 Å². The molecule has 0 aromatic rings. The predicted octanol–water partition coefficient (Wildman–Crippen LogP) is 2.79. The van der Waals surface area contributed by atoms with Gasteiger partial charge in [-0.05, 0) is 31.1 Å². The fourth-order valence-corrected chi connectivity index (χ4v) is 1.44. The molecule has 0 aliphatic heterocycles. The number of rotatable bonds is 2. The topological polar surface area (TPSA) is 0 Å². The standard InChI is InChI=1S/C8H15/c1-3-5-8(2)6-4-7-8/h4H,3,5-7H2,1-2H3. The van der Waals surface area contributed by atoms with E-state index in [1.54, 1.807) is 0 Å². The highest BCUT2D eigenvalue weighted by Crippen LogP contribution is 2.42. The molecule has 47 valence electrons. The summed E-state index contributed by atoms with van der Waals surface area (Å²) in [5.41, 5.74) is 0.717. The van der Waals surface area contributed by atoms with Crippen molar-refractivity contribution in [3.05, 3.63) is 6.42 Å². The lowest BCUT2D eigenvalue weighted by atomic mass is 9.68. The molecule has 1 radical (unpaired) electrons. The first kappa shape index (κ1) is 6.12. The van der Waals surface area contributed by atoms with Gasteiger partial charge in [0.05, 0.1) is 0 Å². The van der Waals surface area contributed by atoms with Crippen LogP contribution >= 0.6 is 0 Å². The second kappa shape index (κ2) is 2.08. The lowest BCUT2D eigenvalue weighted by Gasteiger charge is -2.37. The van der Waals surface area contributed by atoms with E-state index in [9.17, 15) is 0 Å². The minimum Gasteiger partial charge on any atom is -0.0654 e. The Kier molecular flexibility index (Phi) is 1.59. The lowest BCUT2D eigenvalue weighted by Crippen LogP contribution is -2.25. The smallest absolute Gasteiger partial charge is 0.0320 e. The zero-order valence-electron chi connectivity index (χ0n) is 5.91. The van der Waals surface area contributed by atoms with Gasteiger partial charge in [0.1, 0.15) is 0 Å². The first-order valence-electron chi connectivity index (χ1n) is 3.58. The Labute approximate surface area is 52.3 Å². The van der Waals surface area contributed by atoms with Crippen LogP contribution in [0.2, 0.25) is 0 Å². The van der Waals surface area contributed by atoms with E-state index in [1.807, 2.05) is 0 Å². The molecule has 1 fully saturated rings. The quantitative estimate of drug-likeness (QED) is 0.514. The molecule has 8 heavy (non-hydrogen) atoms. The molecule has 0 heterocycles. The van der Waals surface area contributed by atoms with Gasteiger partial charge >= 0.3 is 0 Å². The molecular weight excluding hydrogens is 96.1 g/mol. The summed E-state index contributed by atoms with van der Waals surface area (Å²) >= 11 is 0. The van der Waals surface area contributed by atoms with E-state index >= 15 is 0 Å². The van der Waals surface area contributed by atoms with Gasteiger partial charge < -0.3 is 0 Å². The molecular formula is C8H15. The minimum atomic E-state index is 0.717. The van der Waals surface area contributed by atoms with Gasteiger partial charge in [-0.25, -0.2) is 0 Å².